The number of aromatic nitrogens is 3. The van der Waals surface area contributed by atoms with Crippen LogP contribution >= 0.6 is 0 Å². The van der Waals surface area contributed by atoms with Crippen molar-refractivity contribution in [3.63, 3.8) is 0 Å². The van der Waals surface area contributed by atoms with Gasteiger partial charge in [-0.15, -0.1) is 0 Å². The number of nitrogen functional groups attached to an aromatic ring is 1. The third-order valence-electron chi connectivity index (χ3n) is 1.91. The standard InChI is InChI=1S/C10H10N4O/c11-9-10-13-7-8(3-1-2-6-15)14(10)5-4-12-9/h4-5,7,15H,2,6H2,(H2,11,12). The van der Waals surface area contributed by atoms with Crippen molar-refractivity contribution in [1.29, 1.82) is 0 Å². The molecule has 15 heavy (non-hydrogen) atoms. The van der Waals surface area contributed by atoms with Crippen LogP contribution in [0.3, 0.4) is 0 Å². The van der Waals surface area contributed by atoms with Gasteiger partial charge in [-0.3, -0.25) is 4.40 Å². The van der Waals surface area contributed by atoms with Crippen LogP contribution in [0.15, 0.2) is 18.6 Å². The summed E-state index contributed by atoms with van der Waals surface area (Å²) >= 11 is 0. The Bertz CT molecular complexity index is 535. The van der Waals surface area contributed by atoms with Gasteiger partial charge in [0.05, 0.1) is 12.8 Å². The summed E-state index contributed by atoms with van der Waals surface area (Å²) in [4.78, 5) is 8.03. The second kappa shape index (κ2) is 3.98. The topological polar surface area (TPSA) is 76.4 Å². The first-order valence-electron chi connectivity index (χ1n) is 4.50. The van der Waals surface area contributed by atoms with E-state index in [1.807, 2.05) is 0 Å². The molecule has 5 nitrogen and oxygen atoms in total. The Morgan fingerprint density at radius 2 is 2.33 bits per heavy atom. The second-order valence-corrected chi connectivity index (χ2v) is 2.92. The van der Waals surface area contributed by atoms with Gasteiger partial charge < -0.3 is 10.8 Å². The molecule has 0 unspecified atom stereocenters. The average Bonchev–Trinajstić information content (AvgIpc) is 2.64. The molecule has 2 aromatic rings. The van der Waals surface area contributed by atoms with Gasteiger partial charge in [0.25, 0.3) is 0 Å². The molecule has 0 aliphatic rings. The summed E-state index contributed by atoms with van der Waals surface area (Å²) in [6.07, 6.45) is 5.44. The van der Waals surface area contributed by atoms with Gasteiger partial charge in [0, 0.05) is 18.8 Å². The van der Waals surface area contributed by atoms with E-state index in [-0.39, 0.29) is 6.61 Å². The maximum absolute atomic E-state index is 8.60. The van der Waals surface area contributed by atoms with Crippen LogP contribution in [0.1, 0.15) is 12.1 Å². The van der Waals surface area contributed by atoms with Crippen LogP contribution in [0.2, 0.25) is 0 Å². The second-order valence-electron chi connectivity index (χ2n) is 2.92. The van der Waals surface area contributed by atoms with E-state index in [1.165, 1.54) is 0 Å². The molecule has 2 aromatic heterocycles. The largest absolute Gasteiger partial charge is 0.395 e. The third kappa shape index (κ3) is 1.75. The summed E-state index contributed by atoms with van der Waals surface area (Å²) in [5.74, 6) is 6.11. The molecule has 3 N–H and O–H groups in total. The SMILES string of the molecule is Nc1nccn2c(C#CCCO)cnc12. The van der Waals surface area contributed by atoms with E-state index in [4.69, 9.17) is 10.8 Å². The van der Waals surface area contributed by atoms with Crippen LogP contribution in [-0.4, -0.2) is 26.1 Å². The number of nitrogens with two attached hydrogens (primary N) is 1. The average molecular weight is 202 g/mol. The van der Waals surface area contributed by atoms with Crippen LogP contribution < -0.4 is 5.73 Å². The number of fused-ring (bicyclic) bond motifs is 1. The highest BCUT2D eigenvalue weighted by molar-refractivity contribution is 5.61. The zero-order chi connectivity index (χ0) is 10.7. The summed E-state index contributed by atoms with van der Waals surface area (Å²) in [5.41, 5.74) is 6.99. The molecule has 0 amide bonds. The lowest BCUT2D eigenvalue weighted by molar-refractivity contribution is 0.305. The van der Waals surface area contributed by atoms with E-state index in [1.54, 1.807) is 23.0 Å². The van der Waals surface area contributed by atoms with Gasteiger partial charge >= 0.3 is 0 Å². The molecule has 0 saturated heterocycles. The smallest absolute Gasteiger partial charge is 0.180 e. The van der Waals surface area contributed by atoms with E-state index in [0.717, 1.165) is 5.69 Å². The van der Waals surface area contributed by atoms with Crippen LogP contribution in [-0.2, 0) is 0 Å². The first-order chi connectivity index (χ1) is 7.33. The lowest BCUT2D eigenvalue weighted by Crippen LogP contribution is -1.96. The van der Waals surface area contributed by atoms with E-state index in [9.17, 15) is 0 Å². The first-order valence-corrected chi connectivity index (χ1v) is 4.50. The molecule has 0 fully saturated rings. The van der Waals surface area contributed by atoms with E-state index < -0.39 is 0 Å². The van der Waals surface area contributed by atoms with Gasteiger partial charge in [0.15, 0.2) is 11.5 Å². The monoisotopic (exact) mass is 202 g/mol. The minimum absolute atomic E-state index is 0.0629. The normalized spacial score (nSPS) is 9.93. The van der Waals surface area contributed by atoms with Crippen molar-refractivity contribution in [2.45, 2.75) is 6.42 Å². The molecule has 0 aliphatic carbocycles. The molecule has 2 rings (SSSR count). The van der Waals surface area contributed by atoms with Crippen molar-refractivity contribution in [3.05, 3.63) is 24.3 Å². The fourth-order valence-electron chi connectivity index (χ4n) is 1.24. The minimum atomic E-state index is 0.0629. The number of aliphatic hydroxyl groups excluding tert-OH is 1. The first kappa shape index (κ1) is 9.49. The van der Waals surface area contributed by atoms with Crippen LogP contribution in [0.4, 0.5) is 5.82 Å². The third-order valence-corrected chi connectivity index (χ3v) is 1.91. The van der Waals surface area contributed by atoms with E-state index >= 15 is 0 Å². The quantitative estimate of drug-likeness (QED) is 0.640. The Hall–Kier alpha value is -2.06. The molecule has 0 aromatic carbocycles. The molecule has 0 atom stereocenters. The fourth-order valence-corrected chi connectivity index (χ4v) is 1.24. The molecule has 0 spiro atoms. The lowest BCUT2D eigenvalue weighted by Gasteiger charge is -1.96. The number of hydrogen-bond donors (Lipinski definition) is 2. The van der Waals surface area contributed by atoms with E-state index in [2.05, 4.69) is 21.8 Å². The van der Waals surface area contributed by atoms with Gasteiger partial charge in [0.2, 0.25) is 0 Å². The molecule has 0 saturated carbocycles. The summed E-state index contributed by atoms with van der Waals surface area (Å²) in [6.45, 7) is 0.0629. The Balaban J connectivity index is 2.47. The van der Waals surface area contributed by atoms with Crippen LogP contribution in [0.25, 0.3) is 5.65 Å². The molecular formula is C10H10N4O. The number of hydrogen-bond acceptors (Lipinski definition) is 4. The van der Waals surface area contributed by atoms with Gasteiger partial charge in [-0.2, -0.15) is 0 Å². The van der Waals surface area contributed by atoms with Crippen molar-refractivity contribution in [3.8, 4) is 11.8 Å². The van der Waals surface area contributed by atoms with E-state index in [0.29, 0.717) is 17.9 Å². The Morgan fingerprint density at radius 3 is 3.13 bits per heavy atom. The maximum atomic E-state index is 8.60. The van der Waals surface area contributed by atoms with Crippen molar-refractivity contribution < 1.29 is 5.11 Å². The Kier molecular flexibility index (Phi) is 2.52. The molecule has 0 aliphatic heterocycles. The highest BCUT2D eigenvalue weighted by atomic mass is 16.2. The summed E-state index contributed by atoms with van der Waals surface area (Å²) in [5, 5.41) is 8.60. The molecule has 0 radical (unpaired) electrons. The highest BCUT2D eigenvalue weighted by Crippen LogP contribution is 2.09. The van der Waals surface area contributed by atoms with Crippen molar-refractivity contribution in [2.24, 2.45) is 0 Å². The zero-order valence-corrected chi connectivity index (χ0v) is 8.01. The van der Waals surface area contributed by atoms with Gasteiger partial charge in [0.1, 0.15) is 5.69 Å². The number of aliphatic hydroxyl groups is 1. The molecule has 0 bridgehead atoms. The highest BCUT2D eigenvalue weighted by Gasteiger charge is 2.03. The number of rotatable bonds is 1. The lowest BCUT2D eigenvalue weighted by atomic mass is 10.4. The number of imidazole rings is 1. The molecule has 5 heteroatoms. The summed E-state index contributed by atoms with van der Waals surface area (Å²) in [7, 11) is 0. The van der Waals surface area contributed by atoms with Gasteiger partial charge in [-0.05, 0) is 5.92 Å². The van der Waals surface area contributed by atoms with Gasteiger partial charge in [-0.25, -0.2) is 9.97 Å². The van der Waals surface area contributed by atoms with Gasteiger partial charge in [-0.1, -0.05) is 5.92 Å². The fraction of sp³-hybridized carbons (Fsp3) is 0.200. The number of anilines is 1. The Labute approximate surface area is 86.6 Å². The Morgan fingerprint density at radius 1 is 1.47 bits per heavy atom. The maximum Gasteiger partial charge on any atom is 0.180 e. The number of nitrogens with zero attached hydrogens (tertiary/aromatic N) is 3. The summed E-state index contributed by atoms with van der Waals surface area (Å²) < 4.78 is 1.77. The van der Waals surface area contributed by atoms with Crippen molar-refractivity contribution in [1.82, 2.24) is 14.4 Å². The predicted molar refractivity (Wildman–Crippen MR) is 56.0 cm³/mol. The van der Waals surface area contributed by atoms with Crippen molar-refractivity contribution in [2.75, 3.05) is 12.3 Å². The predicted octanol–water partition coefficient (Wildman–Crippen LogP) is 0.0454. The minimum Gasteiger partial charge on any atom is -0.395 e. The molecule has 2 heterocycles. The van der Waals surface area contributed by atoms with Crippen LogP contribution in [0, 0.1) is 11.8 Å². The summed E-state index contributed by atoms with van der Waals surface area (Å²) in [6, 6.07) is 0. The van der Waals surface area contributed by atoms with Crippen molar-refractivity contribution >= 4 is 11.5 Å². The molecular weight excluding hydrogens is 192 g/mol. The zero-order valence-electron chi connectivity index (χ0n) is 8.01. The molecule has 76 valence electrons. The van der Waals surface area contributed by atoms with Crippen LogP contribution in [0.5, 0.6) is 0 Å².